The standard InChI is InChI=1S/C20H21NO3S/c1-14-17-10-9-15(23-3)13-18(17)24-19(14)20(22)21(2)11-12-25-16-7-5-4-6-8-16/h4-10,13H,11-12H2,1-3H3. The van der Waals surface area contributed by atoms with Crippen molar-refractivity contribution in [3.8, 4) is 5.75 Å². The molecule has 0 aliphatic heterocycles. The van der Waals surface area contributed by atoms with Crippen molar-refractivity contribution < 1.29 is 13.9 Å². The van der Waals surface area contributed by atoms with E-state index in [9.17, 15) is 4.79 Å². The fourth-order valence-electron chi connectivity index (χ4n) is 2.63. The molecule has 0 aliphatic carbocycles. The van der Waals surface area contributed by atoms with E-state index < -0.39 is 0 Å². The summed E-state index contributed by atoms with van der Waals surface area (Å²) in [4.78, 5) is 15.6. The number of carbonyl (C=O) groups is 1. The summed E-state index contributed by atoms with van der Waals surface area (Å²) < 4.78 is 11.0. The summed E-state index contributed by atoms with van der Waals surface area (Å²) in [5.41, 5.74) is 1.54. The summed E-state index contributed by atoms with van der Waals surface area (Å²) in [5.74, 6) is 1.85. The molecule has 0 spiro atoms. The molecule has 0 saturated heterocycles. The van der Waals surface area contributed by atoms with Crippen LogP contribution in [0.5, 0.6) is 5.75 Å². The molecule has 0 fully saturated rings. The Morgan fingerprint density at radius 2 is 1.96 bits per heavy atom. The van der Waals surface area contributed by atoms with Gasteiger partial charge in [-0.15, -0.1) is 11.8 Å². The molecule has 0 radical (unpaired) electrons. The molecule has 0 saturated carbocycles. The second-order valence-corrected chi connectivity index (χ2v) is 6.97. The van der Waals surface area contributed by atoms with E-state index in [2.05, 4.69) is 12.1 Å². The molecule has 25 heavy (non-hydrogen) atoms. The molecule has 2 aromatic carbocycles. The highest BCUT2D eigenvalue weighted by atomic mass is 32.2. The number of fused-ring (bicyclic) bond motifs is 1. The van der Waals surface area contributed by atoms with Crippen molar-refractivity contribution >= 4 is 28.6 Å². The lowest BCUT2D eigenvalue weighted by Gasteiger charge is -2.15. The number of furan rings is 1. The van der Waals surface area contributed by atoms with Gasteiger partial charge in [0.15, 0.2) is 5.76 Å². The van der Waals surface area contributed by atoms with Crippen molar-refractivity contribution in [1.29, 1.82) is 0 Å². The van der Waals surface area contributed by atoms with Crippen molar-refractivity contribution in [3.05, 3.63) is 59.9 Å². The van der Waals surface area contributed by atoms with Gasteiger partial charge in [0, 0.05) is 41.3 Å². The average Bonchev–Trinajstić information content (AvgIpc) is 2.97. The van der Waals surface area contributed by atoms with Crippen LogP contribution in [0.3, 0.4) is 0 Å². The van der Waals surface area contributed by atoms with Crippen molar-refractivity contribution in [2.24, 2.45) is 0 Å². The van der Waals surface area contributed by atoms with E-state index in [4.69, 9.17) is 9.15 Å². The molecular weight excluding hydrogens is 334 g/mol. The molecule has 0 unspecified atom stereocenters. The second-order valence-electron chi connectivity index (χ2n) is 5.81. The minimum atomic E-state index is -0.0960. The van der Waals surface area contributed by atoms with Crippen LogP contribution in [0.15, 0.2) is 57.8 Å². The summed E-state index contributed by atoms with van der Waals surface area (Å²) >= 11 is 1.73. The van der Waals surface area contributed by atoms with E-state index in [1.165, 1.54) is 4.90 Å². The third kappa shape index (κ3) is 3.82. The molecule has 4 nitrogen and oxygen atoms in total. The summed E-state index contributed by atoms with van der Waals surface area (Å²) in [6, 6.07) is 15.8. The van der Waals surface area contributed by atoms with Crippen LogP contribution in [-0.2, 0) is 0 Å². The van der Waals surface area contributed by atoms with Crippen LogP contribution >= 0.6 is 11.8 Å². The quantitative estimate of drug-likeness (QED) is 0.606. The lowest BCUT2D eigenvalue weighted by atomic mass is 10.1. The van der Waals surface area contributed by atoms with Gasteiger partial charge in [0.05, 0.1) is 7.11 Å². The maximum Gasteiger partial charge on any atom is 0.289 e. The summed E-state index contributed by atoms with van der Waals surface area (Å²) in [7, 11) is 3.42. The highest BCUT2D eigenvalue weighted by Crippen LogP contribution is 2.29. The molecule has 3 aromatic rings. The van der Waals surface area contributed by atoms with Gasteiger partial charge in [0.25, 0.3) is 5.91 Å². The lowest BCUT2D eigenvalue weighted by molar-refractivity contribution is 0.0774. The molecule has 1 amide bonds. The van der Waals surface area contributed by atoms with E-state index in [1.54, 1.807) is 30.8 Å². The largest absolute Gasteiger partial charge is 0.497 e. The average molecular weight is 355 g/mol. The van der Waals surface area contributed by atoms with E-state index >= 15 is 0 Å². The molecule has 0 N–H and O–H groups in total. The van der Waals surface area contributed by atoms with Crippen LogP contribution in [0.25, 0.3) is 11.0 Å². The molecule has 5 heteroatoms. The smallest absolute Gasteiger partial charge is 0.289 e. The molecule has 0 aliphatic rings. The number of rotatable bonds is 6. The minimum absolute atomic E-state index is 0.0960. The molecule has 1 aromatic heterocycles. The van der Waals surface area contributed by atoms with Crippen LogP contribution in [0.1, 0.15) is 16.1 Å². The van der Waals surface area contributed by atoms with Gasteiger partial charge in [0.1, 0.15) is 11.3 Å². The highest BCUT2D eigenvalue weighted by Gasteiger charge is 2.21. The van der Waals surface area contributed by atoms with Crippen molar-refractivity contribution in [2.45, 2.75) is 11.8 Å². The first-order chi connectivity index (χ1) is 12.1. The van der Waals surface area contributed by atoms with Gasteiger partial charge in [-0.1, -0.05) is 18.2 Å². The Morgan fingerprint density at radius 1 is 1.20 bits per heavy atom. The predicted octanol–water partition coefficient (Wildman–Crippen LogP) is 4.61. The van der Waals surface area contributed by atoms with Crippen LogP contribution in [0.2, 0.25) is 0 Å². The van der Waals surface area contributed by atoms with Crippen LogP contribution in [-0.4, -0.2) is 37.3 Å². The Kier molecular flexibility index (Phi) is 5.34. The second kappa shape index (κ2) is 7.66. The lowest BCUT2D eigenvalue weighted by Crippen LogP contribution is -2.29. The highest BCUT2D eigenvalue weighted by molar-refractivity contribution is 7.99. The van der Waals surface area contributed by atoms with Gasteiger partial charge < -0.3 is 14.1 Å². The third-order valence-electron chi connectivity index (χ3n) is 4.12. The molecular formula is C20H21NO3S. The fraction of sp³-hybridized carbons (Fsp3) is 0.250. The first-order valence-corrected chi connectivity index (χ1v) is 9.09. The number of amides is 1. The molecule has 1 heterocycles. The minimum Gasteiger partial charge on any atom is -0.497 e. The molecule has 130 valence electrons. The summed E-state index contributed by atoms with van der Waals surface area (Å²) in [5, 5.41) is 0.941. The fourth-order valence-corrected chi connectivity index (χ4v) is 3.58. The van der Waals surface area contributed by atoms with Crippen LogP contribution in [0, 0.1) is 6.92 Å². The Balaban J connectivity index is 1.69. The van der Waals surface area contributed by atoms with Gasteiger partial charge in [-0.05, 0) is 31.2 Å². The van der Waals surface area contributed by atoms with Crippen molar-refractivity contribution in [1.82, 2.24) is 4.90 Å². The van der Waals surface area contributed by atoms with Crippen molar-refractivity contribution in [2.75, 3.05) is 26.5 Å². The summed E-state index contributed by atoms with van der Waals surface area (Å²) in [6.45, 7) is 2.57. The number of carbonyl (C=O) groups excluding carboxylic acids is 1. The number of nitrogens with zero attached hydrogens (tertiary/aromatic N) is 1. The zero-order valence-electron chi connectivity index (χ0n) is 14.6. The monoisotopic (exact) mass is 355 g/mol. The molecule has 0 bridgehead atoms. The number of hydrogen-bond acceptors (Lipinski definition) is 4. The Morgan fingerprint density at radius 3 is 2.68 bits per heavy atom. The van der Waals surface area contributed by atoms with E-state index in [1.807, 2.05) is 43.3 Å². The van der Waals surface area contributed by atoms with Crippen LogP contribution in [0.4, 0.5) is 0 Å². The van der Waals surface area contributed by atoms with Gasteiger partial charge in [-0.3, -0.25) is 4.79 Å². The van der Waals surface area contributed by atoms with Crippen molar-refractivity contribution in [3.63, 3.8) is 0 Å². The number of benzene rings is 2. The third-order valence-corrected chi connectivity index (χ3v) is 5.12. The van der Waals surface area contributed by atoms with E-state index in [0.717, 1.165) is 16.7 Å². The van der Waals surface area contributed by atoms with E-state index in [0.29, 0.717) is 23.6 Å². The van der Waals surface area contributed by atoms with Crippen LogP contribution < -0.4 is 4.74 Å². The SMILES string of the molecule is COc1ccc2c(C)c(C(=O)N(C)CCSc3ccccc3)oc2c1. The maximum atomic E-state index is 12.7. The number of methoxy groups -OCH3 is 1. The molecule has 3 rings (SSSR count). The Bertz CT molecular complexity index is 873. The Labute approximate surface area is 151 Å². The molecule has 0 atom stereocenters. The number of aryl methyl sites for hydroxylation is 1. The topological polar surface area (TPSA) is 42.7 Å². The van der Waals surface area contributed by atoms with Gasteiger partial charge >= 0.3 is 0 Å². The maximum absolute atomic E-state index is 12.7. The zero-order chi connectivity index (χ0) is 17.8. The number of ether oxygens (including phenoxy) is 1. The van der Waals surface area contributed by atoms with Gasteiger partial charge in [-0.25, -0.2) is 0 Å². The number of thioether (sulfide) groups is 1. The normalized spacial score (nSPS) is 10.8. The zero-order valence-corrected chi connectivity index (χ0v) is 15.4. The van der Waals surface area contributed by atoms with Gasteiger partial charge in [-0.2, -0.15) is 0 Å². The Hall–Kier alpha value is -2.40. The van der Waals surface area contributed by atoms with E-state index in [-0.39, 0.29) is 5.91 Å². The summed E-state index contributed by atoms with van der Waals surface area (Å²) in [6.07, 6.45) is 0. The predicted molar refractivity (Wildman–Crippen MR) is 102 cm³/mol. The first-order valence-electron chi connectivity index (χ1n) is 8.10. The first kappa shape index (κ1) is 17.4. The van der Waals surface area contributed by atoms with Gasteiger partial charge in [0.2, 0.25) is 0 Å². The number of hydrogen-bond donors (Lipinski definition) is 0.